The summed E-state index contributed by atoms with van der Waals surface area (Å²) in [6.07, 6.45) is 4.97. The van der Waals surface area contributed by atoms with Crippen LogP contribution in [0.25, 0.3) is 0 Å². The van der Waals surface area contributed by atoms with Gasteiger partial charge in [-0.25, -0.2) is 4.39 Å². The van der Waals surface area contributed by atoms with E-state index in [0.29, 0.717) is 6.61 Å². The Kier molecular flexibility index (Phi) is 5.07. The quantitative estimate of drug-likeness (QED) is 0.818. The SMILES string of the molecule is Fc1ccc(CNCCOc2ccc3c(c2)CCCC3)cc1. The number of aryl methyl sites for hydroxylation is 2. The Morgan fingerprint density at radius 1 is 0.955 bits per heavy atom. The molecule has 0 unspecified atom stereocenters. The molecule has 3 heteroatoms. The van der Waals surface area contributed by atoms with Gasteiger partial charge in [0.05, 0.1) is 0 Å². The molecule has 0 heterocycles. The lowest BCUT2D eigenvalue weighted by Gasteiger charge is -2.17. The monoisotopic (exact) mass is 299 g/mol. The van der Waals surface area contributed by atoms with Crippen molar-refractivity contribution in [2.75, 3.05) is 13.2 Å². The minimum Gasteiger partial charge on any atom is -0.492 e. The summed E-state index contributed by atoms with van der Waals surface area (Å²) in [5, 5.41) is 3.31. The first kappa shape index (κ1) is 15.0. The molecule has 1 aliphatic carbocycles. The summed E-state index contributed by atoms with van der Waals surface area (Å²) < 4.78 is 18.6. The minimum absolute atomic E-state index is 0.195. The lowest BCUT2D eigenvalue weighted by atomic mass is 9.92. The zero-order valence-electron chi connectivity index (χ0n) is 12.8. The molecular weight excluding hydrogens is 277 g/mol. The van der Waals surface area contributed by atoms with Gasteiger partial charge >= 0.3 is 0 Å². The summed E-state index contributed by atoms with van der Waals surface area (Å²) in [6, 6.07) is 13.0. The highest BCUT2D eigenvalue weighted by Crippen LogP contribution is 2.25. The largest absolute Gasteiger partial charge is 0.492 e. The van der Waals surface area contributed by atoms with Gasteiger partial charge in [-0.1, -0.05) is 18.2 Å². The standard InChI is InChI=1S/C19H22FNO/c20-18-8-5-15(6-9-18)14-21-11-12-22-19-10-7-16-3-1-2-4-17(16)13-19/h5-10,13,21H,1-4,11-12,14H2. The van der Waals surface area contributed by atoms with Gasteiger partial charge in [-0.3, -0.25) is 0 Å². The van der Waals surface area contributed by atoms with Crippen LogP contribution in [0, 0.1) is 5.82 Å². The molecule has 1 aliphatic rings. The van der Waals surface area contributed by atoms with Crippen molar-refractivity contribution in [3.8, 4) is 5.75 Å². The van der Waals surface area contributed by atoms with Gasteiger partial charge in [0.25, 0.3) is 0 Å². The Morgan fingerprint density at radius 2 is 1.73 bits per heavy atom. The molecule has 0 atom stereocenters. The summed E-state index contributed by atoms with van der Waals surface area (Å²) >= 11 is 0. The Balaban J connectivity index is 1.40. The number of halogens is 1. The second kappa shape index (κ2) is 7.41. The third-order valence-corrected chi connectivity index (χ3v) is 4.11. The van der Waals surface area contributed by atoms with E-state index >= 15 is 0 Å². The fourth-order valence-corrected chi connectivity index (χ4v) is 2.88. The van der Waals surface area contributed by atoms with Gasteiger partial charge in [0.15, 0.2) is 0 Å². The lowest BCUT2D eigenvalue weighted by Crippen LogP contribution is -2.20. The highest BCUT2D eigenvalue weighted by molar-refractivity contribution is 5.37. The number of rotatable bonds is 6. The molecule has 0 saturated heterocycles. The lowest BCUT2D eigenvalue weighted by molar-refractivity contribution is 0.313. The number of benzene rings is 2. The highest BCUT2D eigenvalue weighted by atomic mass is 19.1. The van der Waals surface area contributed by atoms with Crippen LogP contribution < -0.4 is 10.1 Å². The van der Waals surface area contributed by atoms with Crippen molar-refractivity contribution in [2.24, 2.45) is 0 Å². The number of hydrogen-bond donors (Lipinski definition) is 1. The fraction of sp³-hybridized carbons (Fsp3) is 0.368. The second-order valence-electron chi connectivity index (χ2n) is 5.79. The normalized spacial score (nSPS) is 13.7. The van der Waals surface area contributed by atoms with Crippen LogP contribution in [0.2, 0.25) is 0 Å². The van der Waals surface area contributed by atoms with Crippen molar-refractivity contribution >= 4 is 0 Å². The number of ether oxygens (including phenoxy) is 1. The second-order valence-corrected chi connectivity index (χ2v) is 5.79. The van der Waals surface area contributed by atoms with Gasteiger partial charge in [0, 0.05) is 13.1 Å². The maximum absolute atomic E-state index is 12.8. The zero-order valence-corrected chi connectivity index (χ0v) is 12.8. The Hall–Kier alpha value is -1.87. The Bertz CT molecular complexity index is 609. The molecule has 22 heavy (non-hydrogen) atoms. The van der Waals surface area contributed by atoms with Crippen molar-refractivity contribution in [1.29, 1.82) is 0 Å². The van der Waals surface area contributed by atoms with Crippen LogP contribution in [0.1, 0.15) is 29.5 Å². The predicted octanol–water partition coefficient (Wildman–Crippen LogP) is 3.87. The van der Waals surface area contributed by atoms with E-state index in [0.717, 1.165) is 24.4 Å². The maximum atomic E-state index is 12.8. The third-order valence-electron chi connectivity index (χ3n) is 4.11. The van der Waals surface area contributed by atoms with Crippen LogP contribution in [0.4, 0.5) is 4.39 Å². The number of fused-ring (bicyclic) bond motifs is 1. The van der Waals surface area contributed by atoms with Gasteiger partial charge < -0.3 is 10.1 Å². The molecule has 0 spiro atoms. The van der Waals surface area contributed by atoms with Crippen LogP contribution in [0.15, 0.2) is 42.5 Å². The molecule has 0 saturated carbocycles. The molecule has 0 bridgehead atoms. The fourth-order valence-electron chi connectivity index (χ4n) is 2.88. The first-order valence-electron chi connectivity index (χ1n) is 8.01. The molecule has 2 nitrogen and oxygen atoms in total. The molecule has 116 valence electrons. The van der Waals surface area contributed by atoms with Gasteiger partial charge in [-0.15, -0.1) is 0 Å². The van der Waals surface area contributed by atoms with Crippen LogP contribution in [-0.4, -0.2) is 13.2 Å². The molecule has 0 fully saturated rings. The molecule has 0 aromatic heterocycles. The van der Waals surface area contributed by atoms with Crippen LogP contribution in [0.5, 0.6) is 5.75 Å². The molecule has 2 aromatic rings. The van der Waals surface area contributed by atoms with Gasteiger partial charge in [0.1, 0.15) is 18.2 Å². The van der Waals surface area contributed by atoms with E-state index in [9.17, 15) is 4.39 Å². The highest BCUT2D eigenvalue weighted by Gasteiger charge is 2.09. The summed E-state index contributed by atoms with van der Waals surface area (Å²) in [4.78, 5) is 0. The summed E-state index contributed by atoms with van der Waals surface area (Å²) in [5.41, 5.74) is 4.01. The summed E-state index contributed by atoms with van der Waals surface area (Å²) in [5.74, 6) is 0.767. The molecular formula is C19H22FNO. The van der Waals surface area contributed by atoms with E-state index in [1.54, 1.807) is 12.1 Å². The first-order chi connectivity index (χ1) is 10.8. The van der Waals surface area contributed by atoms with E-state index in [1.807, 2.05) is 0 Å². The van der Waals surface area contributed by atoms with Gasteiger partial charge in [0.2, 0.25) is 0 Å². The molecule has 3 rings (SSSR count). The topological polar surface area (TPSA) is 21.3 Å². The average Bonchev–Trinajstić information content (AvgIpc) is 2.56. The molecule has 0 amide bonds. The van der Waals surface area contributed by atoms with E-state index in [-0.39, 0.29) is 5.82 Å². The van der Waals surface area contributed by atoms with Crippen LogP contribution >= 0.6 is 0 Å². The Labute approximate surface area is 131 Å². The zero-order chi connectivity index (χ0) is 15.2. The van der Waals surface area contributed by atoms with Crippen molar-refractivity contribution in [3.05, 3.63) is 65.0 Å². The molecule has 1 N–H and O–H groups in total. The average molecular weight is 299 g/mol. The number of nitrogens with one attached hydrogen (secondary N) is 1. The van der Waals surface area contributed by atoms with Gasteiger partial charge in [-0.2, -0.15) is 0 Å². The van der Waals surface area contributed by atoms with Crippen molar-refractivity contribution in [3.63, 3.8) is 0 Å². The van der Waals surface area contributed by atoms with Gasteiger partial charge in [-0.05, 0) is 66.6 Å². The number of hydrogen-bond acceptors (Lipinski definition) is 2. The summed E-state index contributed by atoms with van der Waals surface area (Å²) in [7, 11) is 0. The molecule has 0 radical (unpaired) electrons. The van der Waals surface area contributed by atoms with E-state index < -0.39 is 0 Å². The van der Waals surface area contributed by atoms with E-state index in [1.165, 1.54) is 48.9 Å². The van der Waals surface area contributed by atoms with E-state index in [4.69, 9.17) is 4.74 Å². The molecule has 0 aliphatic heterocycles. The van der Waals surface area contributed by atoms with Crippen LogP contribution in [-0.2, 0) is 19.4 Å². The minimum atomic E-state index is -0.195. The summed E-state index contributed by atoms with van der Waals surface area (Å²) in [6.45, 7) is 2.14. The smallest absolute Gasteiger partial charge is 0.123 e. The van der Waals surface area contributed by atoms with E-state index in [2.05, 4.69) is 23.5 Å². The van der Waals surface area contributed by atoms with Crippen LogP contribution in [0.3, 0.4) is 0 Å². The Morgan fingerprint density at radius 3 is 2.55 bits per heavy atom. The van der Waals surface area contributed by atoms with Crippen molar-refractivity contribution in [1.82, 2.24) is 5.32 Å². The third kappa shape index (κ3) is 4.08. The first-order valence-corrected chi connectivity index (χ1v) is 8.01. The van der Waals surface area contributed by atoms with Crippen molar-refractivity contribution in [2.45, 2.75) is 32.2 Å². The predicted molar refractivity (Wildman–Crippen MR) is 86.7 cm³/mol. The van der Waals surface area contributed by atoms with Crippen molar-refractivity contribution < 1.29 is 9.13 Å². The molecule has 2 aromatic carbocycles. The maximum Gasteiger partial charge on any atom is 0.123 e.